The van der Waals surface area contributed by atoms with Crippen molar-refractivity contribution in [1.82, 2.24) is 0 Å². The highest BCUT2D eigenvalue weighted by Crippen LogP contribution is 2.30. The third kappa shape index (κ3) is 3.39. The van der Waals surface area contributed by atoms with Gasteiger partial charge in [0.05, 0.1) is 12.0 Å². The van der Waals surface area contributed by atoms with Crippen molar-refractivity contribution in [3.63, 3.8) is 0 Å². The average molecular weight is 279 g/mol. The molecule has 6 nitrogen and oxygen atoms in total. The molecular weight excluding hydrogens is 258 g/mol. The molecule has 2 rings (SSSR count). The first-order valence-corrected chi connectivity index (χ1v) is 6.96. The van der Waals surface area contributed by atoms with E-state index in [1.54, 1.807) is 12.1 Å². The topological polar surface area (TPSA) is 90.4 Å². The first-order chi connectivity index (χ1) is 9.61. The summed E-state index contributed by atoms with van der Waals surface area (Å²) in [6, 6.07) is 5.17. The minimum absolute atomic E-state index is 0.0248. The standard InChI is InChI=1S/C14H21N3O3/c1-20-14-9-10(7-8-13(14)17(18)19)16-12-6-4-2-3-5-11(12)15/h7-9,11-12,16H,2-6,15H2,1H3. The summed E-state index contributed by atoms with van der Waals surface area (Å²) in [6.45, 7) is 0. The molecule has 0 radical (unpaired) electrons. The molecule has 1 aromatic carbocycles. The average Bonchev–Trinajstić information content (AvgIpc) is 2.64. The lowest BCUT2D eigenvalue weighted by Crippen LogP contribution is -2.39. The number of benzene rings is 1. The molecule has 1 saturated carbocycles. The van der Waals surface area contributed by atoms with Gasteiger partial charge < -0.3 is 15.8 Å². The third-order valence-electron chi connectivity index (χ3n) is 3.80. The number of nitrogens with two attached hydrogens (primary N) is 1. The molecule has 3 N–H and O–H groups in total. The number of nitrogens with one attached hydrogen (secondary N) is 1. The van der Waals surface area contributed by atoms with E-state index in [1.807, 2.05) is 0 Å². The summed E-state index contributed by atoms with van der Waals surface area (Å²) in [6.07, 6.45) is 5.59. The van der Waals surface area contributed by atoms with Crippen LogP contribution in [0.25, 0.3) is 0 Å². The molecule has 0 aromatic heterocycles. The maximum atomic E-state index is 10.9. The highest BCUT2D eigenvalue weighted by atomic mass is 16.6. The Bertz CT molecular complexity index is 479. The Morgan fingerprint density at radius 1 is 1.35 bits per heavy atom. The van der Waals surface area contributed by atoms with Crippen molar-refractivity contribution in [3.8, 4) is 5.75 Å². The molecule has 1 aliphatic rings. The molecule has 2 unspecified atom stereocenters. The van der Waals surface area contributed by atoms with E-state index in [0.717, 1.165) is 24.9 Å². The van der Waals surface area contributed by atoms with Crippen LogP contribution >= 0.6 is 0 Å². The summed E-state index contributed by atoms with van der Waals surface area (Å²) in [4.78, 5) is 10.4. The van der Waals surface area contributed by atoms with Crippen LogP contribution in [0.2, 0.25) is 0 Å². The monoisotopic (exact) mass is 279 g/mol. The predicted octanol–water partition coefficient (Wildman–Crippen LogP) is 2.68. The highest BCUT2D eigenvalue weighted by Gasteiger charge is 2.21. The van der Waals surface area contributed by atoms with E-state index < -0.39 is 4.92 Å². The minimum atomic E-state index is -0.444. The third-order valence-corrected chi connectivity index (χ3v) is 3.80. The molecule has 0 amide bonds. The van der Waals surface area contributed by atoms with Gasteiger partial charge in [0.15, 0.2) is 5.75 Å². The molecule has 0 saturated heterocycles. The Morgan fingerprint density at radius 2 is 2.10 bits per heavy atom. The van der Waals surface area contributed by atoms with E-state index in [0.29, 0.717) is 0 Å². The number of nitro groups is 1. The van der Waals surface area contributed by atoms with E-state index in [4.69, 9.17) is 10.5 Å². The lowest BCUT2D eigenvalue weighted by molar-refractivity contribution is -0.385. The normalized spacial score (nSPS) is 22.9. The van der Waals surface area contributed by atoms with E-state index in [1.165, 1.54) is 26.0 Å². The van der Waals surface area contributed by atoms with E-state index >= 15 is 0 Å². The van der Waals surface area contributed by atoms with Crippen LogP contribution < -0.4 is 15.8 Å². The summed E-state index contributed by atoms with van der Waals surface area (Å²) in [5.41, 5.74) is 6.96. The molecule has 6 heteroatoms. The van der Waals surface area contributed by atoms with Crippen LogP contribution in [-0.2, 0) is 0 Å². The fourth-order valence-corrected chi connectivity index (χ4v) is 2.65. The largest absolute Gasteiger partial charge is 0.490 e. The second-order valence-corrected chi connectivity index (χ2v) is 5.20. The Kier molecular flexibility index (Phi) is 4.79. The van der Waals surface area contributed by atoms with Gasteiger partial charge in [0.25, 0.3) is 0 Å². The molecule has 20 heavy (non-hydrogen) atoms. The van der Waals surface area contributed by atoms with Crippen molar-refractivity contribution < 1.29 is 9.66 Å². The van der Waals surface area contributed by atoms with Crippen LogP contribution in [0.5, 0.6) is 5.75 Å². The zero-order valence-corrected chi connectivity index (χ0v) is 11.7. The summed E-state index contributed by atoms with van der Waals surface area (Å²) < 4.78 is 5.08. The lowest BCUT2D eigenvalue weighted by Gasteiger charge is -2.24. The molecule has 0 bridgehead atoms. The number of hydrogen-bond acceptors (Lipinski definition) is 5. The van der Waals surface area contributed by atoms with E-state index in [-0.39, 0.29) is 23.5 Å². The molecule has 110 valence electrons. The van der Waals surface area contributed by atoms with Gasteiger partial charge in [-0.3, -0.25) is 10.1 Å². The fourth-order valence-electron chi connectivity index (χ4n) is 2.65. The number of nitrogens with zero attached hydrogens (tertiary/aromatic N) is 1. The van der Waals surface area contributed by atoms with Crippen molar-refractivity contribution >= 4 is 11.4 Å². The van der Waals surface area contributed by atoms with Gasteiger partial charge in [0.2, 0.25) is 0 Å². The van der Waals surface area contributed by atoms with E-state index in [2.05, 4.69) is 5.32 Å². The number of hydrogen-bond donors (Lipinski definition) is 2. The van der Waals surface area contributed by atoms with Crippen LogP contribution in [0.15, 0.2) is 18.2 Å². The molecule has 2 atom stereocenters. The quantitative estimate of drug-likeness (QED) is 0.502. The molecule has 1 aliphatic carbocycles. The number of nitro benzene ring substituents is 1. The van der Waals surface area contributed by atoms with Crippen LogP contribution in [0, 0.1) is 10.1 Å². The lowest BCUT2D eigenvalue weighted by atomic mass is 10.0. The van der Waals surface area contributed by atoms with Gasteiger partial charge in [-0.25, -0.2) is 0 Å². The SMILES string of the molecule is COc1cc(NC2CCCCCC2N)ccc1[N+](=O)[O-]. The number of rotatable bonds is 4. The molecule has 1 fully saturated rings. The van der Waals surface area contributed by atoms with Crippen molar-refractivity contribution in [2.24, 2.45) is 5.73 Å². The fraction of sp³-hybridized carbons (Fsp3) is 0.571. The highest BCUT2D eigenvalue weighted by molar-refractivity contribution is 5.58. The minimum Gasteiger partial charge on any atom is -0.490 e. The first-order valence-electron chi connectivity index (χ1n) is 6.96. The van der Waals surface area contributed by atoms with Crippen LogP contribution in [0.1, 0.15) is 32.1 Å². The second-order valence-electron chi connectivity index (χ2n) is 5.20. The van der Waals surface area contributed by atoms with Gasteiger partial charge in [-0.15, -0.1) is 0 Å². The molecular formula is C14H21N3O3. The molecule has 1 aromatic rings. The number of anilines is 1. The van der Waals surface area contributed by atoms with Gasteiger partial charge in [-0.2, -0.15) is 0 Å². The molecule has 0 spiro atoms. The van der Waals surface area contributed by atoms with Crippen molar-refractivity contribution in [3.05, 3.63) is 28.3 Å². The molecule has 0 aliphatic heterocycles. The summed E-state index contributed by atoms with van der Waals surface area (Å²) >= 11 is 0. The Balaban J connectivity index is 2.14. The van der Waals surface area contributed by atoms with Gasteiger partial charge >= 0.3 is 5.69 Å². The van der Waals surface area contributed by atoms with Gasteiger partial charge in [-0.1, -0.05) is 19.3 Å². The van der Waals surface area contributed by atoms with Crippen LogP contribution in [-0.4, -0.2) is 24.1 Å². The smallest absolute Gasteiger partial charge is 0.311 e. The summed E-state index contributed by atoms with van der Waals surface area (Å²) in [7, 11) is 1.43. The number of ether oxygens (including phenoxy) is 1. The van der Waals surface area contributed by atoms with Gasteiger partial charge in [-0.05, 0) is 18.9 Å². The van der Waals surface area contributed by atoms with Crippen molar-refractivity contribution in [2.45, 2.75) is 44.2 Å². The zero-order valence-electron chi connectivity index (χ0n) is 11.7. The number of methoxy groups -OCH3 is 1. The molecule has 0 heterocycles. The zero-order chi connectivity index (χ0) is 14.5. The Morgan fingerprint density at radius 3 is 2.80 bits per heavy atom. The Labute approximate surface area is 118 Å². The Hall–Kier alpha value is -1.82. The predicted molar refractivity (Wildman–Crippen MR) is 78.1 cm³/mol. The van der Waals surface area contributed by atoms with Crippen molar-refractivity contribution in [2.75, 3.05) is 12.4 Å². The van der Waals surface area contributed by atoms with Gasteiger partial charge in [0, 0.05) is 29.9 Å². The van der Waals surface area contributed by atoms with Crippen LogP contribution in [0.4, 0.5) is 11.4 Å². The van der Waals surface area contributed by atoms with E-state index in [9.17, 15) is 10.1 Å². The first kappa shape index (κ1) is 14.6. The summed E-state index contributed by atoms with van der Waals surface area (Å²) in [5.74, 6) is 0.266. The van der Waals surface area contributed by atoms with Crippen molar-refractivity contribution in [1.29, 1.82) is 0 Å². The maximum Gasteiger partial charge on any atom is 0.311 e. The van der Waals surface area contributed by atoms with Gasteiger partial charge in [0.1, 0.15) is 0 Å². The maximum absolute atomic E-state index is 10.9. The van der Waals surface area contributed by atoms with Crippen LogP contribution in [0.3, 0.4) is 0 Å². The second kappa shape index (κ2) is 6.56. The summed E-state index contributed by atoms with van der Waals surface area (Å²) in [5, 5.41) is 14.2.